The summed E-state index contributed by atoms with van der Waals surface area (Å²) in [7, 11) is 0. The fourth-order valence-electron chi connectivity index (χ4n) is 4.07. The van der Waals surface area contributed by atoms with Gasteiger partial charge >= 0.3 is 0 Å². The van der Waals surface area contributed by atoms with Gasteiger partial charge in [0.25, 0.3) is 0 Å². The summed E-state index contributed by atoms with van der Waals surface area (Å²) in [5, 5.41) is 31.1. The molecular formula is C30H32FO6-. The minimum absolute atomic E-state index is 0.136. The molecule has 6 nitrogen and oxygen atoms in total. The second kappa shape index (κ2) is 13.6. The van der Waals surface area contributed by atoms with Crippen molar-refractivity contribution in [2.24, 2.45) is 0 Å². The van der Waals surface area contributed by atoms with Crippen LogP contribution in [0.1, 0.15) is 49.3 Å². The molecule has 196 valence electrons. The van der Waals surface area contributed by atoms with Crippen molar-refractivity contribution >= 4 is 12.0 Å². The molecule has 0 aliphatic rings. The number of carbonyl (C=O) groups is 1. The molecule has 2 atom stereocenters. The van der Waals surface area contributed by atoms with Gasteiger partial charge in [-0.15, -0.1) is 0 Å². The van der Waals surface area contributed by atoms with Crippen LogP contribution in [0.4, 0.5) is 4.39 Å². The minimum atomic E-state index is -1.38. The molecule has 2 unspecified atom stereocenters. The van der Waals surface area contributed by atoms with Gasteiger partial charge in [-0.05, 0) is 46.4 Å². The van der Waals surface area contributed by atoms with Crippen LogP contribution >= 0.6 is 0 Å². The van der Waals surface area contributed by atoms with E-state index in [2.05, 4.69) is 13.8 Å². The number of carboxylic acids is 1. The number of benzene rings is 3. The van der Waals surface area contributed by atoms with Crippen LogP contribution in [0.3, 0.4) is 0 Å². The highest BCUT2D eigenvalue weighted by molar-refractivity contribution is 5.83. The number of aliphatic carboxylic acids is 1. The molecule has 3 aromatic rings. The highest BCUT2D eigenvalue weighted by atomic mass is 19.1. The van der Waals surface area contributed by atoms with Gasteiger partial charge in [-0.2, -0.15) is 0 Å². The second-order valence-electron chi connectivity index (χ2n) is 9.04. The highest BCUT2D eigenvalue weighted by Gasteiger charge is 2.18. The summed E-state index contributed by atoms with van der Waals surface area (Å²) in [6.07, 6.45) is 0.307. The molecule has 0 bridgehead atoms. The van der Waals surface area contributed by atoms with E-state index in [0.29, 0.717) is 18.1 Å². The van der Waals surface area contributed by atoms with Gasteiger partial charge in [-0.3, -0.25) is 0 Å². The van der Waals surface area contributed by atoms with Crippen molar-refractivity contribution in [1.82, 2.24) is 0 Å². The zero-order valence-electron chi connectivity index (χ0n) is 21.0. The van der Waals surface area contributed by atoms with Crippen LogP contribution in [-0.2, 0) is 11.4 Å². The number of aliphatic hydroxyl groups is 2. The number of ether oxygens (including phenoxy) is 2. The van der Waals surface area contributed by atoms with E-state index in [-0.39, 0.29) is 12.3 Å². The molecule has 3 aromatic carbocycles. The lowest BCUT2D eigenvalue weighted by Gasteiger charge is -2.20. The normalized spacial score (nSPS) is 13.0. The molecule has 0 aliphatic carbocycles. The van der Waals surface area contributed by atoms with E-state index in [1.54, 1.807) is 18.2 Å². The van der Waals surface area contributed by atoms with Gasteiger partial charge in [0.15, 0.2) is 0 Å². The fourth-order valence-corrected chi connectivity index (χ4v) is 4.07. The van der Waals surface area contributed by atoms with Gasteiger partial charge in [-0.1, -0.05) is 74.5 Å². The van der Waals surface area contributed by atoms with Crippen LogP contribution in [0, 0.1) is 0 Å². The van der Waals surface area contributed by atoms with Gasteiger partial charge in [0.05, 0.1) is 12.2 Å². The molecule has 37 heavy (non-hydrogen) atoms. The standard InChI is InChI=1S/C30H33FO6/c1-20(2)26-14-15-28(36-18-21-6-4-3-5-7-21)30(22-8-11-25(12-9-22)37-19-31)27(26)13-10-23(32)16-24(33)17-29(34)35/h3-15,20,23-24,32-33H,16-19H2,1-2H3,(H,34,35)/p-1/b13-10+. The summed E-state index contributed by atoms with van der Waals surface area (Å²) >= 11 is 0. The predicted octanol–water partition coefficient (Wildman–Crippen LogP) is 4.63. The van der Waals surface area contributed by atoms with Crippen LogP contribution in [-0.4, -0.2) is 35.3 Å². The van der Waals surface area contributed by atoms with Gasteiger partial charge < -0.3 is 29.6 Å². The van der Waals surface area contributed by atoms with E-state index >= 15 is 0 Å². The molecule has 0 aromatic heterocycles. The smallest absolute Gasteiger partial charge is 0.228 e. The minimum Gasteiger partial charge on any atom is -0.550 e. The molecule has 0 radical (unpaired) electrons. The van der Waals surface area contributed by atoms with Crippen LogP contribution in [0.25, 0.3) is 17.2 Å². The molecule has 0 amide bonds. The molecule has 0 saturated carbocycles. The van der Waals surface area contributed by atoms with Crippen molar-refractivity contribution in [2.75, 3.05) is 6.86 Å². The number of rotatable bonds is 13. The Hall–Kier alpha value is -3.68. The number of hydrogen-bond acceptors (Lipinski definition) is 6. The highest BCUT2D eigenvalue weighted by Crippen LogP contribution is 2.40. The Labute approximate surface area is 216 Å². The summed E-state index contributed by atoms with van der Waals surface area (Å²) in [5.41, 5.74) is 4.41. The third-order valence-electron chi connectivity index (χ3n) is 5.87. The fraction of sp³-hybridized carbons (Fsp3) is 0.300. The Bertz CT molecular complexity index is 1170. The lowest BCUT2D eigenvalue weighted by Crippen LogP contribution is -2.29. The monoisotopic (exact) mass is 507 g/mol. The van der Waals surface area contributed by atoms with E-state index < -0.39 is 31.5 Å². The summed E-state index contributed by atoms with van der Waals surface area (Å²) in [6, 6.07) is 20.6. The van der Waals surface area contributed by atoms with Gasteiger partial charge in [0.2, 0.25) is 6.86 Å². The number of halogens is 1. The third-order valence-corrected chi connectivity index (χ3v) is 5.87. The number of carbonyl (C=O) groups excluding carboxylic acids is 1. The van der Waals surface area contributed by atoms with Crippen LogP contribution in [0.5, 0.6) is 11.5 Å². The van der Waals surface area contributed by atoms with E-state index in [4.69, 9.17) is 9.47 Å². The quantitative estimate of drug-likeness (QED) is 0.350. The van der Waals surface area contributed by atoms with E-state index in [0.717, 1.165) is 27.8 Å². The van der Waals surface area contributed by atoms with Crippen molar-refractivity contribution in [3.8, 4) is 22.6 Å². The molecule has 0 saturated heterocycles. The van der Waals surface area contributed by atoms with Crippen LogP contribution in [0.2, 0.25) is 0 Å². The zero-order chi connectivity index (χ0) is 26.8. The number of aliphatic hydroxyl groups excluding tert-OH is 2. The van der Waals surface area contributed by atoms with Crippen molar-refractivity contribution < 1.29 is 34.0 Å². The second-order valence-corrected chi connectivity index (χ2v) is 9.04. The summed E-state index contributed by atoms with van der Waals surface area (Å²) < 4.78 is 23.8. The molecule has 0 heterocycles. The third kappa shape index (κ3) is 8.17. The average Bonchev–Trinajstić information content (AvgIpc) is 2.86. The van der Waals surface area contributed by atoms with Gasteiger partial charge in [-0.25, -0.2) is 4.39 Å². The Morgan fingerprint density at radius 3 is 2.32 bits per heavy atom. The summed E-state index contributed by atoms with van der Waals surface area (Å²) in [5.74, 6) is -0.223. The number of alkyl halides is 1. The summed E-state index contributed by atoms with van der Waals surface area (Å²) in [4.78, 5) is 10.7. The Balaban J connectivity index is 2.04. The molecule has 2 N–H and O–H groups in total. The van der Waals surface area contributed by atoms with E-state index in [9.17, 15) is 24.5 Å². The number of carboxylic acid groups (broad SMARTS) is 1. The van der Waals surface area contributed by atoms with Gasteiger partial charge in [0.1, 0.15) is 18.1 Å². The maximum Gasteiger partial charge on any atom is 0.228 e. The average molecular weight is 508 g/mol. The maximum absolute atomic E-state index is 12.6. The zero-order valence-corrected chi connectivity index (χ0v) is 21.0. The van der Waals surface area contributed by atoms with Crippen molar-refractivity contribution in [3.63, 3.8) is 0 Å². The van der Waals surface area contributed by atoms with Crippen molar-refractivity contribution in [1.29, 1.82) is 0 Å². The molecule has 7 heteroatoms. The van der Waals surface area contributed by atoms with E-state index in [1.165, 1.54) is 6.08 Å². The molecule has 0 fully saturated rings. The number of hydrogen-bond donors (Lipinski definition) is 2. The molecular weight excluding hydrogens is 475 g/mol. The first-order chi connectivity index (χ1) is 17.8. The Morgan fingerprint density at radius 1 is 1.00 bits per heavy atom. The van der Waals surface area contributed by atoms with Crippen molar-refractivity contribution in [2.45, 2.75) is 51.4 Å². The maximum atomic E-state index is 12.6. The lowest BCUT2D eigenvalue weighted by molar-refractivity contribution is -0.307. The van der Waals surface area contributed by atoms with Crippen LogP contribution in [0.15, 0.2) is 72.8 Å². The molecule has 3 rings (SSSR count). The van der Waals surface area contributed by atoms with Crippen molar-refractivity contribution in [3.05, 3.63) is 89.5 Å². The van der Waals surface area contributed by atoms with E-state index in [1.807, 2.05) is 54.6 Å². The molecule has 0 aliphatic heterocycles. The molecule has 0 spiro atoms. The van der Waals surface area contributed by atoms with Gasteiger partial charge in [0, 0.05) is 24.4 Å². The first kappa shape index (κ1) is 27.9. The topological polar surface area (TPSA) is 99.1 Å². The Morgan fingerprint density at radius 2 is 1.70 bits per heavy atom. The Kier molecular flexibility index (Phi) is 10.2. The predicted molar refractivity (Wildman–Crippen MR) is 139 cm³/mol. The first-order valence-corrected chi connectivity index (χ1v) is 12.2. The SMILES string of the molecule is CC(C)c1ccc(OCc2ccccc2)c(-c2ccc(OCF)cc2)c1/C=C/C(O)CC(O)CC(=O)[O-]. The first-order valence-electron chi connectivity index (χ1n) is 12.2. The summed E-state index contributed by atoms with van der Waals surface area (Å²) in [6.45, 7) is 3.53. The van der Waals surface area contributed by atoms with Crippen LogP contribution < -0.4 is 14.6 Å². The lowest BCUT2D eigenvalue weighted by atomic mass is 9.88. The largest absolute Gasteiger partial charge is 0.550 e.